The molecule has 0 aliphatic heterocycles. The molecular weight excluding hydrogens is 544 g/mol. The summed E-state index contributed by atoms with van der Waals surface area (Å²) in [5.74, 6) is 1.33. The van der Waals surface area contributed by atoms with Gasteiger partial charge in [-0.3, -0.25) is 9.71 Å². The number of aryl methyl sites for hydroxylation is 2. The van der Waals surface area contributed by atoms with Crippen molar-refractivity contribution in [3.05, 3.63) is 108 Å². The Hall–Kier alpha value is -3.55. The lowest BCUT2D eigenvalue weighted by molar-refractivity contribution is 0.201. The fourth-order valence-corrected chi connectivity index (χ4v) is 6.28. The molecule has 0 amide bonds. The molecule has 8 heteroatoms. The van der Waals surface area contributed by atoms with E-state index >= 15 is 0 Å². The third-order valence-corrected chi connectivity index (χ3v) is 8.35. The number of methoxy groups -OCH3 is 1. The molecule has 0 unspecified atom stereocenters. The van der Waals surface area contributed by atoms with Crippen LogP contribution in [0.3, 0.4) is 0 Å². The molecule has 6 nitrogen and oxygen atoms in total. The van der Waals surface area contributed by atoms with Gasteiger partial charge in [-0.2, -0.15) is 0 Å². The zero-order valence-corrected chi connectivity index (χ0v) is 24.2. The molecule has 0 spiro atoms. The number of sulfonamides is 1. The zero-order valence-electron chi connectivity index (χ0n) is 22.6. The molecule has 1 aliphatic carbocycles. The highest BCUT2D eigenvalue weighted by molar-refractivity contribution is 7.91. The lowest BCUT2D eigenvalue weighted by Crippen LogP contribution is -2.15. The molecule has 3 aromatic carbocycles. The molecule has 1 N–H and O–H groups in total. The van der Waals surface area contributed by atoms with E-state index in [0.29, 0.717) is 11.4 Å². The molecule has 40 heavy (non-hydrogen) atoms. The van der Waals surface area contributed by atoms with Crippen molar-refractivity contribution < 1.29 is 17.9 Å². The molecule has 5 rings (SSSR count). The number of ether oxygens (including phenoxy) is 2. The summed E-state index contributed by atoms with van der Waals surface area (Å²) in [7, 11) is -1.94. The summed E-state index contributed by atoms with van der Waals surface area (Å²) in [6, 6.07) is 25.0. The van der Waals surface area contributed by atoms with Crippen LogP contribution in [0.4, 0.5) is 5.69 Å². The number of hydrogen-bond acceptors (Lipinski definition) is 5. The Morgan fingerprint density at radius 3 is 2.33 bits per heavy atom. The Morgan fingerprint density at radius 2 is 1.60 bits per heavy atom. The van der Waals surface area contributed by atoms with Gasteiger partial charge in [0.2, 0.25) is 10.0 Å². The summed E-state index contributed by atoms with van der Waals surface area (Å²) in [6.07, 6.45) is 9.88. The van der Waals surface area contributed by atoms with Crippen LogP contribution in [0.25, 0.3) is 11.1 Å². The summed E-state index contributed by atoms with van der Waals surface area (Å²) in [5, 5.41) is 0. The molecule has 1 aromatic heterocycles. The van der Waals surface area contributed by atoms with Crippen molar-refractivity contribution in [2.24, 2.45) is 0 Å². The van der Waals surface area contributed by atoms with Crippen LogP contribution in [0.5, 0.6) is 11.5 Å². The van der Waals surface area contributed by atoms with Crippen LogP contribution in [-0.2, 0) is 28.6 Å². The Kier molecular flexibility index (Phi) is 10.1. The fraction of sp³-hybridized carbons (Fsp3) is 0.281. The van der Waals surface area contributed by atoms with Crippen molar-refractivity contribution in [2.45, 2.75) is 50.4 Å². The topological polar surface area (TPSA) is 77.5 Å². The molecule has 0 bridgehead atoms. The van der Waals surface area contributed by atoms with Gasteiger partial charge in [0.05, 0.1) is 19.0 Å². The van der Waals surface area contributed by atoms with Crippen molar-refractivity contribution in [2.75, 3.05) is 11.8 Å². The van der Waals surface area contributed by atoms with Gasteiger partial charge in [-0.15, -0.1) is 12.4 Å². The van der Waals surface area contributed by atoms with Crippen molar-refractivity contribution in [1.82, 2.24) is 4.98 Å². The number of nitrogens with one attached hydrogen (secondary N) is 1. The third-order valence-electron chi connectivity index (χ3n) is 7.09. The summed E-state index contributed by atoms with van der Waals surface area (Å²) >= 11 is 0. The number of rotatable bonds is 11. The van der Waals surface area contributed by atoms with Gasteiger partial charge in [-0.05, 0) is 103 Å². The lowest BCUT2D eigenvalue weighted by Gasteiger charge is -2.19. The monoisotopic (exact) mass is 578 g/mol. The standard InChI is InChI=1S/C32H34N2O4S.ClH/c1-37-31-16-14-27(21-32(31)38-29-9-5-6-10-29)30-22-28(34-39(35,36)23-25-7-3-2-4-8-25)15-13-26(30)12-11-24-17-19-33-20-18-24;/h2-4,7-8,13-22,29,34H,5-6,9-12,23H2,1H3;1H. The maximum Gasteiger partial charge on any atom is 0.236 e. The quantitative estimate of drug-likeness (QED) is 0.203. The van der Waals surface area contributed by atoms with E-state index in [2.05, 4.69) is 9.71 Å². The van der Waals surface area contributed by atoms with E-state index < -0.39 is 10.0 Å². The number of anilines is 1. The van der Waals surface area contributed by atoms with Crippen LogP contribution in [0.15, 0.2) is 91.3 Å². The minimum atomic E-state index is -3.59. The van der Waals surface area contributed by atoms with E-state index in [4.69, 9.17) is 9.47 Å². The van der Waals surface area contributed by atoms with Gasteiger partial charge < -0.3 is 9.47 Å². The zero-order chi connectivity index (χ0) is 27.1. The second kappa shape index (κ2) is 13.7. The summed E-state index contributed by atoms with van der Waals surface area (Å²) in [4.78, 5) is 4.12. The number of benzene rings is 3. The van der Waals surface area contributed by atoms with Crippen molar-refractivity contribution in [1.29, 1.82) is 0 Å². The third kappa shape index (κ3) is 7.77. The molecule has 0 radical (unpaired) electrons. The molecule has 1 aliphatic rings. The number of pyridine rings is 1. The first-order valence-corrected chi connectivity index (χ1v) is 15.1. The molecule has 4 aromatic rings. The maximum atomic E-state index is 13.0. The van der Waals surface area contributed by atoms with Crippen LogP contribution < -0.4 is 14.2 Å². The van der Waals surface area contributed by atoms with Crippen LogP contribution in [0.1, 0.15) is 42.4 Å². The summed E-state index contributed by atoms with van der Waals surface area (Å²) in [5.41, 5.74) is 5.50. The molecule has 1 fully saturated rings. The van der Waals surface area contributed by atoms with Crippen LogP contribution in [-0.4, -0.2) is 26.6 Å². The smallest absolute Gasteiger partial charge is 0.236 e. The number of nitrogens with zero attached hydrogens (tertiary/aromatic N) is 1. The normalized spacial score (nSPS) is 13.4. The average molecular weight is 579 g/mol. The molecular formula is C32H35ClN2O4S. The van der Waals surface area contributed by atoms with Gasteiger partial charge in [0.15, 0.2) is 11.5 Å². The molecule has 1 saturated carbocycles. The van der Waals surface area contributed by atoms with Crippen LogP contribution in [0.2, 0.25) is 0 Å². The second-order valence-corrected chi connectivity index (χ2v) is 11.7. The Morgan fingerprint density at radius 1 is 0.850 bits per heavy atom. The van der Waals surface area contributed by atoms with Gasteiger partial charge in [0.1, 0.15) is 0 Å². The molecule has 210 valence electrons. The van der Waals surface area contributed by atoms with E-state index in [1.54, 1.807) is 19.5 Å². The minimum absolute atomic E-state index is 0. The Bertz CT molecular complexity index is 1490. The van der Waals surface area contributed by atoms with E-state index in [9.17, 15) is 8.42 Å². The highest BCUT2D eigenvalue weighted by atomic mass is 35.5. The van der Waals surface area contributed by atoms with E-state index in [-0.39, 0.29) is 24.3 Å². The van der Waals surface area contributed by atoms with Crippen molar-refractivity contribution in [3.63, 3.8) is 0 Å². The summed E-state index contributed by atoms with van der Waals surface area (Å²) in [6.45, 7) is 0. The first-order chi connectivity index (χ1) is 19.0. The predicted molar refractivity (Wildman–Crippen MR) is 163 cm³/mol. The van der Waals surface area contributed by atoms with Gasteiger partial charge in [0.25, 0.3) is 0 Å². The van der Waals surface area contributed by atoms with Crippen LogP contribution in [0, 0.1) is 0 Å². The van der Waals surface area contributed by atoms with E-state index in [0.717, 1.165) is 53.7 Å². The van der Waals surface area contributed by atoms with E-state index in [1.807, 2.05) is 78.9 Å². The summed E-state index contributed by atoms with van der Waals surface area (Å²) < 4.78 is 40.7. The highest BCUT2D eigenvalue weighted by Gasteiger charge is 2.20. The van der Waals surface area contributed by atoms with E-state index in [1.165, 1.54) is 18.4 Å². The SMILES string of the molecule is COc1ccc(-c2cc(NS(=O)(=O)Cc3ccccc3)ccc2CCc2ccncc2)cc1OC1CCCC1.Cl. The predicted octanol–water partition coefficient (Wildman–Crippen LogP) is 7.23. The largest absolute Gasteiger partial charge is 0.493 e. The maximum absolute atomic E-state index is 13.0. The average Bonchev–Trinajstić information content (AvgIpc) is 3.46. The number of hydrogen-bond donors (Lipinski definition) is 1. The van der Waals surface area contributed by atoms with Gasteiger partial charge >= 0.3 is 0 Å². The molecule has 1 heterocycles. The Balaban J connectivity index is 0.00000370. The van der Waals surface area contributed by atoms with Gasteiger partial charge in [-0.1, -0.05) is 42.5 Å². The van der Waals surface area contributed by atoms with Gasteiger partial charge in [-0.25, -0.2) is 8.42 Å². The number of aromatic nitrogens is 1. The molecule has 0 atom stereocenters. The van der Waals surface area contributed by atoms with Gasteiger partial charge in [0, 0.05) is 18.1 Å². The lowest BCUT2D eigenvalue weighted by atomic mass is 9.94. The second-order valence-electron chi connectivity index (χ2n) is 9.96. The minimum Gasteiger partial charge on any atom is -0.493 e. The van der Waals surface area contributed by atoms with Crippen molar-refractivity contribution in [3.8, 4) is 22.6 Å². The fourth-order valence-electron chi connectivity index (χ4n) is 5.09. The molecule has 0 saturated heterocycles. The first-order valence-electron chi connectivity index (χ1n) is 13.4. The number of halogens is 1. The highest BCUT2D eigenvalue weighted by Crippen LogP contribution is 2.37. The van der Waals surface area contributed by atoms with Crippen molar-refractivity contribution >= 4 is 28.1 Å². The first kappa shape index (κ1) is 29.4. The van der Waals surface area contributed by atoms with Crippen LogP contribution >= 0.6 is 12.4 Å². The Labute approximate surface area is 243 Å².